The second kappa shape index (κ2) is 4.28. The van der Waals surface area contributed by atoms with Gasteiger partial charge in [-0.2, -0.15) is 0 Å². The molecule has 70 valence electrons. The van der Waals surface area contributed by atoms with Gasteiger partial charge in [0.1, 0.15) is 5.76 Å². The number of carbonyl (C=O) groups is 1. The maximum atomic E-state index is 10.9. The molecule has 0 unspecified atom stereocenters. The topological polar surface area (TPSA) is 42.2 Å². The largest absolute Gasteiger partial charge is 0.452 e. The second-order valence-corrected chi connectivity index (χ2v) is 3.36. The van der Waals surface area contributed by atoms with E-state index in [9.17, 15) is 4.79 Å². The van der Waals surface area contributed by atoms with Crippen molar-refractivity contribution in [1.29, 1.82) is 0 Å². The van der Waals surface area contributed by atoms with E-state index in [0.29, 0.717) is 10.4 Å². The number of amides is 1. The second-order valence-electron chi connectivity index (χ2n) is 2.58. The first-order valence-electron chi connectivity index (χ1n) is 3.81. The predicted octanol–water partition coefficient (Wildman–Crippen LogP) is 2.41. The molecule has 1 aromatic rings. The summed E-state index contributed by atoms with van der Waals surface area (Å²) < 4.78 is 5.91. The van der Waals surface area contributed by atoms with Crippen molar-refractivity contribution in [3.63, 3.8) is 0 Å². The van der Waals surface area contributed by atoms with E-state index in [2.05, 4.69) is 27.8 Å². The quantitative estimate of drug-likeness (QED) is 0.829. The number of carbonyl (C=O) groups excluding carboxylic acids is 1. The van der Waals surface area contributed by atoms with Gasteiger partial charge in [0.25, 0.3) is 0 Å². The standard InChI is InChI=1S/C9H10BrNO2/c1-3-9(12)11-6(2)7-4-5-8(10)13-7/h3-6H,1H2,2H3,(H,11,12)/t6-/m1/s1. The molecule has 1 N–H and O–H groups in total. The first-order valence-corrected chi connectivity index (χ1v) is 4.61. The monoisotopic (exact) mass is 243 g/mol. The van der Waals surface area contributed by atoms with Gasteiger partial charge in [0, 0.05) is 0 Å². The molecule has 0 saturated heterocycles. The van der Waals surface area contributed by atoms with Crippen LogP contribution in [0.25, 0.3) is 0 Å². The Balaban J connectivity index is 2.63. The molecule has 1 heterocycles. The number of furan rings is 1. The van der Waals surface area contributed by atoms with Crippen LogP contribution in [0.1, 0.15) is 18.7 Å². The van der Waals surface area contributed by atoms with Crippen molar-refractivity contribution >= 4 is 21.8 Å². The van der Waals surface area contributed by atoms with Crippen LogP contribution in [0, 0.1) is 0 Å². The summed E-state index contributed by atoms with van der Waals surface area (Å²) in [6.07, 6.45) is 1.23. The lowest BCUT2D eigenvalue weighted by atomic mass is 10.2. The number of halogens is 1. The van der Waals surface area contributed by atoms with Gasteiger partial charge >= 0.3 is 0 Å². The van der Waals surface area contributed by atoms with Crippen LogP contribution in [0.3, 0.4) is 0 Å². The summed E-state index contributed by atoms with van der Waals surface area (Å²) in [5.74, 6) is 0.502. The lowest BCUT2D eigenvalue weighted by molar-refractivity contribution is -0.117. The predicted molar refractivity (Wildman–Crippen MR) is 53.2 cm³/mol. The summed E-state index contributed by atoms with van der Waals surface area (Å²) in [4.78, 5) is 10.9. The molecule has 0 aliphatic carbocycles. The molecule has 1 rings (SSSR count). The Morgan fingerprint density at radius 1 is 1.77 bits per heavy atom. The Hall–Kier alpha value is -1.03. The number of nitrogens with one attached hydrogen (secondary N) is 1. The third-order valence-electron chi connectivity index (χ3n) is 1.56. The highest BCUT2D eigenvalue weighted by Crippen LogP contribution is 2.19. The first-order chi connectivity index (χ1) is 6.13. The zero-order valence-corrected chi connectivity index (χ0v) is 8.80. The average Bonchev–Trinajstić information content (AvgIpc) is 2.51. The Morgan fingerprint density at radius 3 is 2.92 bits per heavy atom. The minimum atomic E-state index is -0.208. The highest BCUT2D eigenvalue weighted by Gasteiger charge is 2.10. The van der Waals surface area contributed by atoms with Crippen molar-refractivity contribution < 1.29 is 9.21 Å². The van der Waals surface area contributed by atoms with Crippen LogP contribution in [-0.2, 0) is 4.79 Å². The van der Waals surface area contributed by atoms with Gasteiger partial charge in [0.05, 0.1) is 6.04 Å². The van der Waals surface area contributed by atoms with Gasteiger partial charge in [0.15, 0.2) is 4.67 Å². The zero-order valence-electron chi connectivity index (χ0n) is 7.21. The summed E-state index contributed by atoms with van der Waals surface area (Å²) in [5.41, 5.74) is 0. The molecule has 0 aliphatic heterocycles. The van der Waals surface area contributed by atoms with Gasteiger partial charge in [-0.25, -0.2) is 0 Å². The zero-order chi connectivity index (χ0) is 9.84. The third kappa shape index (κ3) is 2.73. The third-order valence-corrected chi connectivity index (χ3v) is 1.99. The van der Waals surface area contributed by atoms with Gasteiger partial charge in [-0.3, -0.25) is 4.79 Å². The van der Waals surface area contributed by atoms with Crippen LogP contribution in [0.15, 0.2) is 33.9 Å². The van der Waals surface area contributed by atoms with E-state index >= 15 is 0 Å². The Kier molecular flexibility index (Phi) is 3.31. The molecule has 0 spiro atoms. The van der Waals surface area contributed by atoms with E-state index < -0.39 is 0 Å². The van der Waals surface area contributed by atoms with Crippen molar-refractivity contribution in [2.45, 2.75) is 13.0 Å². The first kappa shape index (κ1) is 10.1. The minimum Gasteiger partial charge on any atom is -0.452 e. The van der Waals surface area contributed by atoms with Crippen molar-refractivity contribution in [1.82, 2.24) is 5.32 Å². The fourth-order valence-electron chi connectivity index (χ4n) is 0.904. The molecule has 3 nitrogen and oxygen atoms in total. The molecule has 4 heteroatoms. The molecule has 0 saturated carbocycles. The van der Waals surface area contributed by atoms with E-state index in [4.69, 9.17) is 4.42 Å². The van der Waals surface area contributed by atoms with E-state index in [1.54, 1.807) is 12.1 Å². The molecule has 0 aliphatic rings. The summed E-state index contributed by atoms with van der Waals surface area (Å²) in [6.45, 7) is 5.20. The van der Waals surface area contributed by atoms with Gasteiger partial charge < -0.3 is 9.73 Å². The highest BCUT2D eigenvalue weighted by molar-refractivity contribution is 9.10. The van der Waals surface area contributed by atoms with Crippen molar-refractivity contribution in [2.75, 3.05) is 0 Å². The van der Waals surface area contributed by atoms with E-state index in [1.165, 1.54) is 6.08 Å². The fourth-order valence-corrected chi connectivity index (χ4v) is 1.22. The molecular weight excluding hydrogens is 234 g/mol. The Morgan fingerprint density at radius 2 is 2.46 bits per heavy atom. The van der Waals surface area contributed by atoms with Crippen molar-refractivity contribution in [2.24, 2.45) is 0 Å². The molecule has 1 atom stereocenters. The Labute approximate surface area is 84.9 Å². The average molecular weight is 244 g/mol. The molecule has 13 heavy (non-hydrogen) atoms. The Bertz CT molecular complexity index is 319. The van der Waals surface area contributed by atoms with Crippen LogP contribution < -0.4 is 5.32 Å². The summed E-state index contributed by atoms with van der Waals surface area (Å²) >= 11 is 3.18. The lowest BCUT2D eigenvalue weighted by Gasteiger charge is -2.08. The molecule has 0 radical (unpaired) electrons. The maximum Gasteiger partial charge on any atom is 0.243 e. The molecule has 0 aromatic carbocycles. The van der Waals surface area contributed by atoms with E-state index in [-0.39, 0.29) is 11.9 Å². The summed E-state index contributed by atoms with van der Waals surface area (Å²) in [6, 6.07) is 3.45. The van der Waals surface area contributed by atoms with Gasteiger partial charge in [-0.05, 0) is 41.1 Å². The van der Waals surface area contributed by atoms with E-state index in [0.717, 1.165) is 0 Å². The molecule has 1 amide bonds. The normalized spacial score (nSPS) is 12.2. The molecule has 1 aromatic heterocycles. The van der Waals surface area contributed by atoms with Gasteiger partial charge in [-0.1, -0.05) is 6.58 Å². The van der Waals surface area contributed by atoms with Crippen LogP contribution in [0.5, 0.6) is 0 Å². The molecule has 0 bridgehead atoms. The minimum absolute atomic E-state index is 0.142. The number of hydrogen-bond acceptors (Lipinski definition) is 2. The van der Waals surface area contributed by atoms with Crippen LogP contribution in [0.2, 0.25) is 0 Å². The van der Waals surface area contributed by atoms with Crippen molar-refractivity contribution in [3.8, 4) is 0 Å². The summed E-state index contributed by atoms with van der Waals surface area (Å²) in [7, 11) is 0. The summed E-state index contributed by atoms with van der Waals surface area (Å²) in [5, 5.41) is 2.69. The van der Waals surface area contributed by atoms with Crippen LogP contribution in [0.4, 0.5) is 0 Å². The SMILES string of the molecule is C=CC(=O)N[C@H](C)c1ccc(Br)o1. The molecular formula is C9H10BrNO2. The lowest BCUT2D eigenvalue weighted by Crippen LogP contribution is -2.23. The smallest absolute Gasteiger partial charge is 0.243 e. The number of rotatable bonds is 3. The maximum absolute atomic E-state index is 10.9. The van der Waals surface area contributed by atoms with E-state index in [1.807, 2.05) is 6.92 Å². The van der Waals surface area contributed by atoms with Crippen LogP contribution >= 0.6 is 15.9 Å². The van der Waals surface area contributed by atoms with Crippen LogP contribution in [-0.4, -0.2) is 5.91 Å². The van der Waals surface area contributed by atoms with Gasteiger partial charge in [0.2, 0.25) is 5.91 Å². The highest BCUT2D eigenvalue weighted by atomic mass is 79.9. The molecule has 0 fully saturated rings. The van der Waals surface area contributed by atoms with Gasteiger partial charge in [-0.15, -0.1) is 0 Å². The fraction of sp³-hybridized carbons (Fsp3) is 0.222. The number of hydrogen-bond donors (Lipinski definition) is 1. The van der Waals surface area contributed by atoms with Crippen molar-refractivity contribution in [3.05, 3.63) is 35.2 Å².